The van der Waals surface area contributed by atoms with Gasteiger partial charge in [0, 0.05) is 19.6 Å². The van der Waals surface area contributed by atoms with Crippen LogP contribution in [0.15, 0.2) is 5.16 Å². The van der Waals surface area contributed by atoms with Gasteiger partial charge in [-0.15, -0.1) is 0 Å². The molecule has 0 aromatic carbocycles. The molecule has 2 fully saturated rings. The van der Waals surface area contributed by atoms with Crippen molar-refractivity contribution in [2.75, 3.05) is 26.3 Å². The van der Waals surface area contributed by atoms with Crippen LogP contribution >= 0.6 is 0 Å². The summed E-state index contributed by atoms with van der Waals surface area (Å²) in [6, 6.07) is 0. The van der Waals surface area contributed by atoms with Crippen molar-refractivity contribution in [1.82, 2.24) is 4.90 Å². The maximum atomic E-state index is 12.1. The molecule has 0 saturated carbocycles. The Morgan fingerprint density at radius 3 is 2.95 bits per heavy atom. The number of oxime groups is 1. The van der Waals surface area contributed by atoms with Crippen LogP contribution in [0.25, 0.3) is 0 Å². The molecular formula is C12H21N3O4. The first-order valence-electron chi connectivity index (χ1n) is 6.69. The Morgan fingerprint density at radius 2 is 2.26 bits per heavy atom. The molecule has 2 unspecified atom stereocenters. The topological polar surface area (TPSA) is 97.4 Å². The zero-order valence-electron chi connectivity index (χ0n) is 11.0. The summed E-state index contributed by atoms with van der Waals surface area (Å²) in [6.07, 6.45) is 3.10. The average molecular weight is 271 g/mol. The van der Waals surface area contributed by atoms with E-state index in [4.69, 9.17) is 20.4 Å². The van der Waals surface area contributed by atoms with Crippen molar-refractivity contribution in [3.63, 3.8) is 0 Å². The van der Waals surface area contributed by atoms with Crippen LogP contribution in [0.2, 0.25) is 0 Å². The summed E-state index contributed by atoms with van der Waals surface area (Å²) in [7, 11) is 0. The Hall–Kier alpha value is -1.34. The first-order valence-corrected chi connectivity index (χ1v) is 6.69. The molecule has 108 valence electrons. The van der Waals surface area contributed by atoms with Crippen LogP contribution in [0.5, 0.6) is 0 Å². The van der Waals surface area contributed by atoms with Gasteiger partial charge >= 0.3 is 0 Å². The predicted molar refractivity (Wildman–Crippen MR) is 67.9 cm³/mol. The van der Waals surface area contributed by atoms with Crippen molar-refractivity contribution in [3.05, 3.63) is 0 Å². The fraction of sp³-hybridized carbons (Fsp3) is 0.833. The number of nitrogens with two attached hydrogens (primary N) is 1. The number of nitrogens with zero attached hydrogens (tertiary/aromatic N) is 2. The molecule has 2 aliphatic heterocycles. The van der Waals surface area contributed by atoms with Crippen LogP contribution in [0.1, 0.15) is 25.7 Å². The maximum Gasteiger partial charge on any atom is 0.222 e. The SMILES string of the molecule is NC(=NO)C1CN(C(=O)CCC2CCCO2)CCO1. The third-order valence-corrected chi connectivity index (χ3v) is 3.57. The minimum atomic E-state index is -0.509. The van der Waals surface area contributed by atoms with E-state index in [2.05, 4.69) is 5.16 Å². The maximum absolute atomic E-state index is 12.1. The summed E-state index contributed by atoms with van der Waals surface area (Å²) in [6.45, 7) is 2.12. The minimum Gasteiger partial charge on any atom is -0.409 e. The summed E-state index contributed by atoms with van der Waals surface area (Å²) in [5.74, 6) is 0.0890. The van der Waals surface area contributed by atoms with Crippen molar-refractivity contribution in [2.45, 2.75) is 37.9 Å². The van der Waals surface area contributed by atoms with Gasteiger partial charge in [0.25, 0.3) is 0 Å². The van der Waals surface area contributed by atoms with E-state index in [1.165, 1.54) is 0 Å². The fourth-order valence-electron chi connectivity index (χ4n) is 2.43. The zero-order valence-corrected chi connectivity index (χ0v) is 11.0. The average Bonchev–Trinajstić information content (AvgIpc) is 2.97. The number of morpholine rings is 1. The summed E-state index contributed by atoms with van der Waals surface area (Å²) in [5.41, 5.74) is 5.50. The summed E-state index contributed by atoms with van der Waals surface area (Å²) in [5, 5.41) is 11.5. The number of hydrogen-bond acceptors (Lipinski definition) is 5. The van der Waals surface area contributed by atoms with Crippen LogP contribution in [-0.2, 0) is 14.3 Å². The van der Waals surface area contributed by atoms with Gasteiger partial charge in [0.15, 0.2) is 5.84 Å². The van der Waals surface area contributed by atoms with Crippen molar-refractivity contribution < 1.29 is 19.5 Å². The second-order valence-electron chi connectivity index (χ2n) is 4.90. The van der Waals surface area contributed by atoms with E-state index in [-0.39, 0.29) is 17.8 Å². The highest BCUT2D eigenvalue weighted by Gasteiger charge is 2.27. The molecule has 2 heterocycles. The van der Waals surface area contributed by atoms with Gasteiger partial charge < -0.3 is 25.3 Å². The summed E-state index contributed by atoms with van der Waals surface area (Å²) >= 11 is 0. The number of carbonyl (C=O) groups is 1. The van der Waals surface area contributed by atoms with Gasteiger partial charge in [-0.05, 0) is 19.3 Å². The molecule has 3 N–H and O–H groups in total. The highest BCUT2D eigenvalue weighted by molar-refractivity contribution is 5.85. The first-order chi connectivity index (χ1) is 9.20. The molecule has 0 radical (unpaired) electrons. The zero-order chi connectivity index (χ0) is 13.7. The van der Waals surface area contributed by atoms with Crippen molar-refractivity contribution >= 4 is 11.7 Å². The normalized spacial score (nSPS) is 28.6. The van der Waals surface area contributed by atoms with Gasteiger partial charge in [0.2, 0.25) is 5.91 Å². The lowest BCUT2D eigenvalue weighted by Crippen LogP contribution is -2.50. The molecule has 19 heavy (non-hydrogen) atoms. The monoisotopic (exact) mass is 271 g/mol. The van der Waals surface area contributed by atoms with Crippen LogP contribution in [-0.4, -0.2) is 60.4 Å². The molecule has 0 aliphatic carbocycles. The van der Waals surface area contributed by atoms with Crippen LogP contribution in [0.3, 0.4) is 0 Å². The molecule has 7 heteroatoms. The quantitative estimate of drug-likeness (QED) is 0.322. The van der Waals surface area contributed by atoms with E-state index >= 15 is 0 Å². The van der Waals surface area contributed by atoms with Gasteiger partial charge in [-0.2, -0.15) is 0 Å². The van der Waals surface area contributed by atoms with E-state index in [0.717, 1.165) is 25.9 Å². The Labute approximate surface area is 112 Å². The van der Waals surface area contributed by atoms with E-state index in [1.807, 2.05) is 0 Å². The third-order valence-electron chi connectivity index (χ3n) is 3.57. The standard InChI is InChI=1S/C12H21N3O4/c13-12(14-17)10-8-15(5-7-19-10)11(16)4-3-9-2-1-6-18-9/h9-10,17H,1-8H2,(H2,13,14). The summed E-state index contributed by atoms with van der Waals surface area (Å²) in [4.78, 5) is 13.8. The fourth-order valence-corrected chi connectivity index (χ4v) is 2.43. The molecular weight excluding hydrogens is 250 g/mol. The molecule has 0 aromatic heterocycles. The molecule has 0 aromatic rings. The molecule has 2 rings (SSSR count). The van der Waals surface area contributed by atoms with Gasteiger partial charge in [-0.25, -0.2) is 0 Å². The highest BCUT2D eigenvalue weighted by Crippen LogP contribution is 2.18. The highest BCUT2D eigenvalue weighted by atomic mass is 16.5. The smallest absolute Gasteiger partial charge is 0.222 e. The Kier molecular flexibility index (Phi) is 4.98. The number of amides is 1. The van der Waals surface area contributed by atoms with Gasteiger partial charge in [0.1, 0.15) is 6.10 Å². The lowest BCUT2D eigenvalue weighted by atomic mass is 10.1. The second-order valence-corrected chi connectivity index (χ2v) is 4.90. The van der Waals surface area contributed by atoms with Crippen LogP contribution in [0, 0.1) is 0 Å². The van der Waals surface area contributed by atoms with Gasteiger partial charge in [-0.1, -0.05) is 5.16 Å². The van der Waals surface area contributed by atoms with Crippen LogP contribution < -0.4 is 5.73 Å². The van der Waals surface area contributed by atoms with E-state index in [9.17, 15) is 4.79 Å². The largest absolute Gasteiger partial charge is 0.409 e. The predicted octanol–water partition coefficient (Wildman–Crippen LogP) is -0.0806. The number of rotatable bonds is 4. The van der Waals surface area contributed by atoms with E-state index in [1.54, 1.807) is 4.90 Å². The third kappa shape index (κ3) is 3.81. The Balaban J connectivity index is 1.78. The lowest BCUT2D eigenvalue weighted by molar-refractivity contribution is -0.137. The Bertz CT molecular complexity index is 342. The molecule has 1 amide bonds. The number of hydrogen-bond donors (Lipinski definition) is 2. The van der Waals surface area contributed by atoms with Gasteiger partial charge in [-0.3, -0.25) is 4.79 Å². The van der Waals surface area contributed by atoms with Crippen molar-refractivity contribution in [2.24, 2.45) is 10.9 Å². The molecule has 0 spiro atoms. The number of carbonyl (C=O) groups excluding carboxylic acids is 1. The second kappa shape index (κ2) is 6.72. The summed E-state index contributed by atoms with van der Waals surface area (Å²) < 4.78 is 10.9. The molecule has 2 saturated heterocycles. The first kappa shape index (κ1) is 14.1. The van der Waals surface area contributed by atoms with Crippen molar-refractivity contribution in [1.29, 1.82) is 0 Å². The molecule has 2 aliphatic rings. The lowest BCUT2D eigenvalue weighted by Gasteiger charge is -2.32. The van der Waals surface area contributed by atoms with Crippen LogP contribution in [0.4, 0.5) is 0 Å². The molecule has 7 nitrogen and oxygen atoms in total. The minimum absolute atomic E-state index is 0.0108. The number of ether oxygens (including phenoxy) is 2. The number of amidine groups is 1. The van der Waals surface area contributed by atoms with Gasteiger partial charge in [0.05, 0.1) is 19.3 Å². The van der Waals surface area contributed by atoms with E-state index in [0.29, 0.717) is 26.1 Å². The van der Waals surface area contributed by atoms with E-state index < -0.39 is 6.10 Å². The molecule has 2 atom stereocenters. The Morgan fingerprint density at radius 1 is 1.42 bits per heavy atom. The van der Waals surface area contributed by atoms with Crippen molar-refractivity contribution in [3.8, 4) is 0 Å². The molecule has 0 bridgehead atoms.